The van der Waals surface area contributed by atoms with Crippen molar-refractivity contribution < 1.29 is 14.6 Å². The van der Waals surface area contributed by atoms with Gasteiger partial charge in [-0.3, -0.25) is 0 Å². The molecule has 0 bridgehead atoms. The first-order chi connectivity index (χ1) is 9.02. The topological polar surface area (TPSA) is 59.4 Å². The highest BCUT2D eigenvalue weighted by Crippen LogP contribution is 2.32. The van der Waals surface area contributed by atoms with Gasteiger partial charge in [-0.1, -0.05) is 23.2 Å². The summed E-state index contributed by atoms with van der Waals surface area (Å²) in [6.45, 7) is 0. The largest absolute Gasteiger partial charge is 0.496 e. The van der Waals surface area contributed by atoms with Crippen LogP contribution < -0.4 is 4.74 Å². The fraction of sp³-hybridized carbons (Fsp3) is 0.0769. The van der Waals surface area contributed by atoms with Gasteiger partial charge in [-0.05, 0) is 30.3 Å². The normalized spacial score (nSPS) is 10.3. The Morgan fingerprint density at radius 2 is 2.00 bits per heavy atom. The van der Waals surface area contributed by atoms with Crippen molar-refractivity contribution in [3.05, 3.63) is 46.1 Å². The van der Waals surface area contributed by atoms with Gasteiger partial charge in [-0.2, -0.15) is 0 Å². The smallest absolute Gasteiger partial charge is 0.356 e. The number of methoxy groups -OCH3 is 1. The van der Waals surface area contributed by atoms with Gasteiger partial charge in [0, 0.05) is 10.6 Å². The van der Waals surface area contributed by atoms with Crippen LogP contribution in [0.2, 0.25) is 10.0 Å². The molecule has 1 aromatic heterocycles. The van der Waals surface area contributed by atoms with Crippen molar-refractivity contribution in [2.45, 2.75) is 0 Å². The quantitative estimate of drug-likeness (QED) is 0.937. The molecule has 1 N–H and O–H groups in total. The molecule has 0 aliphatic heterocycles. The third-order valence-electron chi connectivity index (χ3n) is 2.49. The zero-order valence-electron chi connectivity index (χ0n) is 9.85. The van der Waals surface area contributed by atoms with Crippen LogP contribution in [0.1, 0.15) is 10.5 Å². The average Bonchev–Trinajstić information content (AvgIpc) is 2.39. The average molecular weight is 298 g/mol. The summed E-state index contributed by atoms with van der Waals surface area (Å²) in [5.41, 5.74) is 0.901. The number of nitrogens with zero attached hydrogens (tertiary/aromatic N) is 1. The van der Waals surface area contributed by atoms with Crippen LogP contribution in [0.25, 0.3) is 11.3 Å². The highest BCUT2D eigenvalue weighted by Gasteiger charge is 2.14. The van der Waals surface area contributed by atoms with Crippen molar-refractivity contribution in [1.29, 1.82) is 0 Å². The Morgan fingerprint density at radius 1 is 1.26 bits per heavy atom. The summed E-state index contributed by atoms with van der Waals surface area (Å²) in [6.07, 6.45) is 0. The van der Waals surface area contributed by atoms with E-state index >= 15 is 0 Å². The molecule has 0 aliphatic carbocycles. The molecule has 0 saturated heterocycles. The summed E-state index contributed by atoms with van der Waals surface area (Å²) in [6, 6.07) is 8.13. The predicted octanol–water partition coefficient (Wildman–Crippen LogP) is 3.76. The van der Waals surface area contributed by atoms with Gasteiger partial charge in [0.1, 0.15) is 5.75 Å². The van der Waals surface area contributed by atoms with Gasteiger partial charge in [0.15, 0.2) is 5.69 Å². The molecule has 19 heavy (non-hydrogen) atoms. The Kier molecular flexibility index (Phi) is 3.93. The molecule has 6 heteroatoms. The van der Waals surface area contributed by atoms with Crippen LogP contribution >= 0.6 is 23.2 Å². The van der Waals surface area contributed by atoms with Crippen LogP contribution in [0.3, 0.4) is 0 Å². The third-order valence-corrected chi connectivity index (χ3v) is 3.03. The molecular weight excluding hydrogens is 289 g/mol. The Balaban J connectivity index is 2.59. The van der Waals surface area contributed by atoms with E-state index in [1.807, 2.05) is 0 Å². The number of aromatic carboxylic acids is 1. The van der Waals surface area contributed by atoms with E-state index in [9.17, 15) is 4.79 Å². The Hall–Kier alpha value is -1.78. The van der Waals surface area contributed by atoms with Crippen LogP contribution in [-0.2, 0) is 0 Å². The zero-order chi connectivity index (χ0) is 14.0. The molecule has 2 rings (SSSR count). The molecular formula is C13H9Cl2NO3. The number of rotatable bonds is 3. The number of hydrogen-bond acceptors (Lipinski definition) is 3. The first kappa shape index (κ1) is 13.6. The first-order valence-corrected chi connectivity index (χ1v) is 6.02. The van der Waals surface area contributed by atoms with Crippen LogP contribution in [0.15, 0.2) is 30.3 Å². The summed E-state index contributed by atoms with van der Waals surface area (Å²) in [4.78, 5) is 15.0. The number of halogens is 2. The zero-order valence-corrected chi connectivity index (χ0v) is 11.4. The molecule has 0 unspecified atom stereocenters. The molecule has 0 saturated carbocycles. The Morgan fingerprint density at radius 3 is 2.63 bits per heavy atom. The molecule has 0 amide bonds. The maximum Gasteiger partial charge on any atom is 0.356 e. The van der Waals surface area contributed by atoms with Crippen molar-refractivity contribution in [3.8, 4) is 17.0 Å². The first-order valence-electron chi connectivity index (χ1n) is 5.26. The van der Waals surface area contributed by atoms with Crippen molar-refractivity contribution in [1.82, 2.24) is 4.98 Å². The minimum absolute atomic E-state index is 0.0872. The van der Waals surface area contributed by atoms with E-state index in [1.54, 1.807) is 24.3 Å². The highest BCUT2D eigenvalue weighted by atomic mass is 35.5. The minimum atomic E-state index is -1.18. The number of pyridine rings is 1. The van der Waals surface area contributed by atoms with E-state index in [-0.39, 0.29) is 10.7 Å². The van der Waals surface area contributed by atoms with Crippen LogP contribution in [0.5, 0.6) is 5.75 Å². The van der Waals surface area contributed by atoms with E-state index in [1.165, 1.54) is 13.2 Å². The number of carboxylic acid groups (broad SMARTS) is 1. The van der Waals surface area contributed by atoms with Gasteiger partial charge in [0.25, 0.3) is 0 Å². The minimum Gasteiger partial charge on any atom is -0.496 e. The molecule has 0 fully saturated rings. The number of hydrogen-bond donors (Lipinski definition) is 1. The number of aromatic nitrogens is 1. The molecule has 4 nitrogen and oxygen atoms in total. The number of benzene rings is 1. The second-order valence-corrected chi connectivity index (χ2v) is 4.52. The lowest BCUT2D eigenvalue weighted by molar-refractivity contribution is 0.0691. The van der Waals surface area contributed by atoms with Gasteiger partial charge in [0.2, 0.25) is 0 Å². The number of carbonyl (C=O) groups is 1. The van der Waals surface area contributed by atoms with Crippen molar-refractivity contribution >= 4 is 29.2 Å². The van der Waals surface area contributed by atoms with Crippen LogP contribution in [0.4, 0.5) is 0 Å². The van der Waals surface area contributed by atoms with Gasteiger partial charge in [-0.15, -0.1) is 0 Å². The summed E-state index contributed by atoms with van der Waals surface area (Å²) in [7, 11) is 1.50. The van der Waals surface area contributed by atoms with Crippen molar-refractivity contribution in [2.75, 3.05) is 7.11 Å². The van der Waals surface area contributed by atoms with Gasteiger partial charge in [0.05, 0.1) is 17.8 Å². The maximum absolute atomic E-state index is 11.0. The monoisotopic (exact) mass is 297 g/mol. The molecule has 0 aliphatic rings. The molecule has 0 atom stereocenters. The van der Waals surface area contributed by atoms with E-state index < -0.39 is 5.97 Å². The molecule has 0 radical (unpaired) electrons. The molecule has 98 valence electrons. The highest BCUT2D eigenvalue weighted by molar-refractivity contribution is 6.33. The second kappa shape index (κ2) is 5.47. The van der Waals surface area contributed by atoms with Gasteiger partial charge >= 0.3 is 5.97 Å². The molecule has 1 aromatic carbocycles. The van der Waals surface area contributed by atoms with Gasteiger partial charge < -0.3 is 9.84 Å². The van der Waals surface area contributed by atoms with Crippen LogP contribution in [0, 0.1) is 0 Å². The lowest BCUT2D eigenvalue weighted by Crippen LogP contribution is -2.02. The maximum atomic E-state index is 11.0. The van der Waals surface area contributed by atoms with Crippen molar-refractivity contribution in [2.24, 2.45) is 0 Å². The number of carboxylic acids is 1. The van der Waals surface area contributed by atoms with Gasteiger partial charge in [-0.25, -0.2) is 9.78 Å². The third kappa shape index (κ3) is 2.80. The van der Waals surface area contributed by atoms with Crippen LogP contribution in [-0.4, -0.2) is 23.2 Å². The standard InChI is InChI=1S/C13H9Cl2NO3/c1-19-11-6-7(14)2-3-8(11)10-5-4-9(15)12(16-10)13(17)18/h2-6H,1H3,(H,17,18). The number of ether oxygens (including phenoxy) is 1. The van der Waals surface area contributed by atoms with E-state index in [4.69, 9.17) is 33.0 Å². The van der Waals surface area contributed by atoms with Crippen molar-refractivity contribution in [3.63, 3.8) is 0 Å². The summed E-state index contributed by atoms with van der Waals surface area (Å²) in [5, 5.41) is 9.62. The Labute approximate surface area is 119 Å². The summed E-state index contributed by atoms with van der Waals surface area (Å²) in [5.74, 6) is -0.668. The SMILES string of the molecule is COc1cc(Cl)ccc1-c1ccc(Cl)c(C(=O)O)n1. The summed E-state index contributed by atoms with van der Waals surface area (Å²) < 4.78 is 5.21. The predicted molar refractivity (Wildman–Crippen MR) is 73.2 cm³/mol. The lowest BCUT2D eigenvalue weighted by atomic mass is 10.1. The summed E-state index contributed by atoms with van der Waals surface area (Å²) >= 11 is 11.7. The van der Waals surface area contributed by atoms with E-state index in [2.05, 4.69) is 4.98 Å². The van der Waals surface area contributed by atoms with E-state index in [0.29, 0.717) is 22.0 Å². The fourth-order valence-corrected chi connectivity index (χ4v) is 1.97. The Bertz CT molecular complexity index is 644. The lowest BCUT2D eigenvalue weighted by Gasteiger charge is -2.09. The second-order valence-electron chi connectivity index (χ2n) is 3.68. The molecule has 1 heterocycles. The fourth-order valence-electron chi connectivity index (χ4n) is 1.62. The van der Waals surface area contributed by atoms with E-state index in [0.717, 1.165) is 0 Å². The molecule has 0 spiro atoms. The molecule has 2 aromatic rings.